The number of carbonyl (C=O) groups excluding carboxylic acids is 2. The Labute approximate surface area is 205 Å². The van der Waals surface area contributed by atoms with Crippen LogP contribution < -0.4 is 0 Å². The number of esters is 2. The highest BCUT2D eigenvalue weighted by molar-refractivity contribution is 8.17. The average Bonchev–Trinajstić information content (AvgIpc) is 3.32. The number of ether oxygens (including phenoxy) is 3. The average molecular weight is 502 g/mol. The van der Waals surface area contributed by atoms with E-state index < -0.39 is 35.0 Å². The molecule has 0 N–H and O–H groups in total. The van der Waals surface area contributed by atoms with Crippen LogP contribution in [0.4, 0.5) is 4.39 Å². The van der Waals surface area contributed by atoms with Gasteiger partial charge in [0.15, 0.2) is 0 Å². The number of thiol groups is 1. The summed E-state index contributed by atoms with van der Waals surface area (Å²) in [5.74, 6) is -0.608. The number of halogens is 1. The maximum absolute atomic E-state index is 13.8. The van der Waals surface area contributed by atoms with Gasteiger partial charge >= 0.3 is 11.9 Å². The van der Waals surface area contributed by atoms with E-state index in [2.05, 4.69) is 10.3 Å². The van der Waals surface area contributed by atoms with Crippen LogP contribution in [0.1, 0.15) is 19.9 Å². The van der Waals surface area contributed by atoms with Gasteiger partial charge in [0, 0.05) is 32.3 Å². The second kappa shape index (κ2) is 11.0. The summed E-state index contributed by atoms with van der Waals surface area (Å²) in [5, 5.41) is 8.24. The Balaban J connectivity index is 1.76. The normalized spacial score (nSPS) is 25.1. The molecule has 186 valence electrons. The first-order valence-corrected chi connectivity index (χ1v) is 12.8. The highest BCUT2D eigenvalue weighted by Crippen LogP contribution is 2.51. The van der Waals surface area contributed by atoms with E-state index in [1.54, 1.807) is 30.1 Å². The number of nitrogens with zero attached hydrogens (tertiary/aromatic N) is 3. The highest BCUT2D eigenvalue weighted by Gasteiger charge is 2.48. The van der Waals surface area contributed by atoms with E-state index in [1.807, 2.05) is 30.3 Å². The van der Waals surface area contributed by atoms with Crippen LogP contribution in [0, 0.1) is 5.82 Å². The monoisotopic (exact) mass is 501 g/mol. The van der Waals surface area contributed by atoms with Crippen molar-refractivity contribution in [2.24, 2.45) is 0 Å². The molecule has 0 aliphatic carbocycles. The molecule has 0 amide bonds. The van der Waals surface area contributed by atoms with Crippen molar-refractivity contribution < 1.29 is 28.2 Å². The zero-order valence-electron chi connectivity index (χ0n) is 19.7. The second-order valence-corrected chi connectivity index (χ2v) is 10.8. The molecular weight excluding hydrogens is 473 g/mol. The standard InChI is InChI=1S/C25H28FN3O5S/c1-16(30)33-14-23-25(34-17(2)31)24(22(32-3)15-35(23)20-10-5-4-6-11-20)29-13-21(27-28-29)18-8-7-9-19(26)12-18/h4-13,22-25,35H,14-15H2,1-3H3/t22-,23+,24-,25-/m0/s1. The van der Waals surface area contributed by atoms with Gasteiger partial charge in [-0.3, -0.25) is 9.59 Å². The molecule has 1 aromatic heterocycles. The van der Waals surface area contributed by atoms with Crippen molar-refractivity contribution in [2.45, 2.75) is 42.2 Å². The Hall–Kier alpha value is -3.24. The van der Waals surface area contributed by atoms with Crippen molar-refractivity contribution in [1.29, 1.82) is 0 Å². The van der Waals surface area contributed by atoms with E-state index in [-0.39, 0.29) is 23.8 Å². The predicted octanol–water partition coefficient (Wildman–Crippen LogP) is 3.58. The van der Waals surface area contributed by atoms with E-state index >= 15 is 0 Å². The Kier molecular flexibility index (Phi) is 7.82. The molecule has 1 saturated heterocycles. The van der Waals surface area contributed by atoms with Crippen LogP contribution in [0.5, 0.6) is 0 Å². The van der Waals surface area contributed by atoms with Gasteiger partial charge in [0.1, 0.15) is 30.3 Å². The summed E-state index contributed by atoms with van der Waals surface area (Å²) in [6.45, 7) is 2.79. The minimum absolute atomic E-state index is 0.0895. The molecule has 35 heavy (non-hydrogen) atoms. The van der Waals surface area contributed by atoms with Gasteiger partial charge in [-0.15, -0.1) is 5.10 Å². The molecule has 0 radical (unpaired) electrons. The fourth-order valence-corrected chi connectivity index (χ4v) is 7.45. The summed E-state index contributed by atoms with van der Waals surface area (Å²) < 4.78 is 32.6. The van der Waals surface area contributed by atoms with Crippen molar-refractivity contribution in [2.75, 3.05) is 19.5 Å². The molecule has 0 saturated carbocycles. The third-order valence-electron chi connectivity index (χ3n) is 5.96. The van der Waals surface area contributed by atoms with Gasteiger partial charge in [-0.25, -0.2) is 20.0 Å². The third-order valence-corrected chi connectivity index (χ3v) is 8.92. The summed E-state index contributed by atoms with van der Waals surface area (Å²) >= 11 is 0. The predicted molar refractivity (Wildman–Crippen MR) is 130 cm³/mol. The van der Waals surface area contributed by atoms with Crippen LogP contribution in [0.25, 0.3) is 11.3 Å². The lowest BCUT2D eigenvalue weighted by Crippen LogP contribution is -2.52. The van der Waals surface area contributed by atoms with Gasteiger partial charge in [-0.1, -0.05) is 47.7 Å². The Morgan fingerprint density at radius 3 is 2.54 bits per heavy atom. The lowest BCUT2D eigenvalue weighted by atomic mass is 10.0. The maximum Gasteiger partial charge on any atom is 0.303 e. The van der Waals surface area contributed by atoms with E-state index in [4.69, 9.17) is 14.2 Å². The number of methoxy groups -OCH3 is 1. The Bertz CT molecular complexity index is 1170. The summed E-state index contributed by atoms with van der Waals surface area (Å²) in [6, 6.07) is 15.5. The molecule has 3 aromatic rings. The van der Waals surface area contributed by atoms with Gasteiger partial charge in [0.2, 0.25) is 0 Å². The zero-order chi connectivity index (χ0) is 24.9. The zero-order valence-corrected chi connectivity index (χ0v) is 20.6. The molecule has 5 atom stereocenters. The fourth-order valence-electron chi connectivity index (χ4n) is 4.43. The summed E-state index contributed by atoms with van der Waals surface area (Å²) in [7, 11) is 0.684. The van der Waals surface area contributed by atoms with E-state index in [0.29, 0.717) is 17.0 Å². The molecule has 2 aromatic carbocycles. The highest BCUT2D eigenvalue weighted by atomic mass is 32.2. The smallest absolute Gasteiger partial charge is 0.303 e. The van der Waals surface area contributed by atoms with Crippen molar-refractivity contribution in [3.05, 3.63) is 66.6 Å². The molecular formula is C25H28FN3O5S. The number of carbonyl (C=O) groups is 2. The molecule has 1 aliphatic rings. The van der Waals surface area contributed by atoms with Gasteiger partial charge in [0.25, 0.3) is 0 Å². The van der Waals surface area contributed by atoms with E-state index in [1.165, 1.54) is 26.0 Å². The van der Waals surface area contributed by atoms with Crippen LogP contribution in [0.3, 0.4) is 0 Å². The molecule has 8 nitrogen and oxygen atoms in total. The van der Waals surface area contributed by atoms with Crippen LogP contribution >= 0.6 is 10.9 Å². The molecule has 4 rings (SSSR count). The van der Waals surface area contributed by atoms with Crippen molar-refractivity contribution in [1.82, 2.24) is 15.0 Å². The number of rotatable bonds is 7. The van der Waals surface area contributed by atoms with Crippen LogP contribution in [-0.2, 0) is 23.8 Å². The van der Waals surface area contributed by atoms with E-state index in [0.717, 1.165) is 4.90 Å². The van der Waals surface area contributed by atoms with Gasteiger partial charge in [-0.05, 0) is 17.0 Å². The fraction of sp³-hybridized carbons (Fsp3) is 0.360. The molecule has 2 heterocycles. The maximum atomic E-state index is 13.8. The molecule has 0 spiro atoms. The lowest BCUT2D eigenvalue weighted by Gasteiger charge is -2.47. The summed E-state index contributed by atoms with van der Waals surface area (Å²) in [6.07, 6.45) is 0.640. The Morgan fingerprint density at radius 1 is 1.11 bits per heavy atom. The molecule has 1 aliphatic heterocycles. The van der Waals surface area contributed by atoms with Crippen LogP contribution in [-0.4, -0.2) is 63.9 Å². The van der Waals surface area contributed by atoms with Crippen molar-refractivity contribution >= 4 is 22.8 Å². The number of hydrogen-bond donors (Lipinski definition) is 1. The third kappa shape index (κ3) is 5.71. The van der Waals surface area contributed by atoms with Crippen molar-refractivity contribution in [3.63, 3.8) is 0 Å². The number of aromatic nitrogens is 3. The SMILES string of the molecule is CO[C@H]1C[SH](c2ccccc2)[C@H](COC(C)=O)[C@H](OC(C)=O)[C@H]1n1cc(-c2cccc(F)c2)nn1. The first-order valence-electron chi connectivity index (χ1n) is 11.2. The minimum atomic E-state index is -0.925. The van der Waals surface area contributed by atoms with Gasteiger partial charge in [-0.2, -0.15) is 0 Å². The first kappa shape index (κ1) is 24.9. The quantitative estimate of drug-likeness (QED) is 0.391. The lowest BCUT2D eigenvalue weighted by molar-refractivity contribution is -0.153. The topological polar surface area (TPSA) is 92.5 Å². The summed E-state index contributed by atoms with van der Waals surface area (Å²) in [4.78, 5) is 25.0. The van der Waals surface area contributed by atoms with Crippen LogP contribution in [0.2, 0.25) is 0 Å². The molecule has 1 unspecified atom stereocenters. The van der Waals surface area contributed by atoms with Gasteiger partial charge < -0.3 is 14.2 Å². The molecule has 1 fully saturated rings. The second-order valence-electron chi connectivity index (χ2n) is 8.29. The molecule has 0 bridgehead atoms. The first-order chi connectivity index (χ1) is 16.9. The molecule has 10 heteroatoms. The number of hydrogen-bond acceptors (Lipinski definition) is 7. The van der Waals surface area contributed by atoms with Gasteiger partial charge in [0.05, 0.1) is 17.6 Å². The minimum Gasteiger partial charge on any atom is -0.465 e. The number of benzene rings is 2. The summed E-state index contributed by atoms with van der Waals surface area (Å²) in [5.41, 5.74) is 1.06. The van der Waals surface area contributed by atoms with Crippen LogP contribution in [0.15, 0.2) is 65.7 Å². The largest absolute Gasteiger partial charge is 0.465 e. The van der Waals surface area contributed by atoms with Crippen molar-refractivity contribution in [3.8, 4) is 11.3 Å². The Morgan fingerprint density at radius 2 is 1.89 bits per heavy atom. The van der Waals surface area contributed by atoms with E-state index in [9.17, 15) is 14.0 Å².